The summed E-state index contributed by atoms with van der Waals surface area (Å²) < 4.78 is 0. The molecule has 0 aromatic heterocycles. The Bertz CT molecular complexity index is 453. The van der Waals surface area contributed by atoms with E-state index in [1.165, 1.54) is 37.0 Å². The van der Waals surface area contributed by atoms with Crippen LogP contribution in [0.3, 0.4) is 0 Å². The highest BCUT2D eigenvalue weighted by Gasteiger charge is 2.38. The van der Waals surface area contributed by atoms with Crippen LogP contribution in [0.1, 0.15) is 31.2 Å². The van der Waals surface area contributed by atoms with Crippen LogP contribution in [0.5, 0.6) is 0 Å². The molecule has 2 N–H and O–H groups in total. The number of hydrogen-bond acceptors (Lipinski definition) is 4. The van der Waals surface area contributed by atoms with Gasteiger partial charge in [0.05, 0.1) is 5.71 Å². The molecule has 2 aliphatic rings. The van der Waals surface area contributed by atoms with Gasteiger partial charge in [0, 0.05) is 24.9 Å². The van der Waals surface area contributed by atoms with E-state index < -0.39 is 6.10 Å². The molecule has 0 aliphatic heterocycles. The number of nitrogens with zero attached hydrogens (tertiary/aromatic N) is 1. The van der Waals surface area contributed by atoms with Crippen LogP contribution in [0.25, 0.3) is 0 Å². The van der Waals surface area contributed by atoms with Crippen molar-refractivity contribution in [3.8, 4) is 0 Å². The lowest BCUT2D eigenvalue weighted by Gasteiger charge is -2.11. The molecule has 4 heteroatoms. The van der Waals surface area contributed by atoms with Crippen LogP contribution in [0, 0.1) is 11.8 Å². The van der Waals surface area contributed by atoms with Crippen molar-refractivity contribution in [2.45, 2.75) is 38.3 Å². The largest absolute Gasteiger partial charge is 0.393 e. The average molecular weight is 288 g/mol. The molecular formula is C17H24N2O2. The predicted octanol–water partition coefficient (Wildman–Crippen LogP) is 2.33. The first-order chi connectivity index (χ1) is 10.3. The Labute approximate surface area is 126 Å². The maximum atomic E-state index is 9.89. The average Bonchev–Trinajstić information content (AvgIpc) is 3.39. The molecule has 1 atom stereocenters. The molecule has 0 radical (unpaired) electrons. The summed E-state index contributed by atoms with van der Waals surface area (Å²) in [5.74, 6) is 1.34. The molecule has 2 saturated carbocycles. The molecule has 1 aromatic carbocycles. The van der Waals surface area contributed by atoms with Crippen LogP contribution in [-0.2, 0) is 11.4 Å². The quantitative estimate of drug-likeness (QED) is 0.541. The molecule has 0 spiro atoms. The molecule has 0 bridgehead atoms. The standard InChI is InChI=1S/C17H24N2O2/c20-16(11-18-10-13-4-2-1-3-5-13)12-21-19-17(14-6-7-14)15-8-9-15/h1-5,14-16,18,20H,6-12H2. The zero-order valence-corrected chi connectivity index (χ0v) is 12.4. The second-order valence-corrected chi connectivity index (χ2v) is 6.13. The SMILES string of the molecule is OC(CNCc1ccccc1)CON=C(C1CC1)C1CC1. The highest BCUT2D eigenvalue weighted by molar-refractivity contribution is 5.92. The van der Waals surface area contributed by atoms with Gasteiger partial charge in [-0.1, -0.05) is 35.5 Å². The Morgan fingerprint density at radius 2 is 1.86 bits per heavy atom. The summed E-state index contributed by atoms with van der Waals surface area (Å²) >= 11 is 0. The molecule has 114 valence electrons. The number of benzene rings is 1. The van der Waals surface area contributed by atoms with E-state index in [-0.39, 0.29) is 6.61 Å². The van der Waals surface area contributed by atoms with Crippen LogP contribution in [0.2, 0.25) is 0 Å². The highest BCUT2D eigenvalue weighted by atomic mass is 16.6. The van der Waals surface area contributed by atoms with Crippen molar-refractivity contribution < 1.29 is 9.94 Å². The van der Waals surface area contributed by atoms with Crippen LogP contribution >= 0.6 is 0 Å². The van der Waals surface area contributed by atoms with E-state index in [2.05, 4.69) is 22.6 Å². The van der Waals surface area contributed by atoms with Crippen LogP contribution in [0.4, 0.5) is 0 Å². The van der Waals surface area contributed by atoms with Gasteiger partial charge in [0.1, 0.15) is 12.7 Å². The van der Waals surface area contributed by atoms with Crippen LogP contribution in [0.15, 0.2) is 35.5 Å². The number of hydrogen-bond donors (Lipinski definition) is 2. The molecule has 3 rings (SSSR count). The van der Waals surface area contributed by atoms with Crippen molar-refractivity contribution in [2.24, 2.45) is 17.0 Å². The van der Waals surface area contributed by atoms with Gasteiger partial charge in [0.25, 0.3) is 0 Å². The summed E-state index contributed by atoms with van der Waals surface area (Å²) in [6.07, 6.45) is 4.54. The fourth-order valence-electron chi connectivity index (χ4n) is 2.48. The first-order valence-electron chi connectivity index (χ1n) is 7.95. The zero-order chi connectivity index (χ0) is 14.5. The van der Waals surface area contributed by atoms with Crippen molar-refractivity contribution in [3.05, 3.63) is 35.9 Å². The molecular weight excluding hydrogens is 264 g/mol. The minimum absolute atomic E-state index is 0.269. The number of nitrogens with one attached hydrogen (secondary N) is 1. The smallest absolute Gasteiger partial charge is 0.144 e. The molecule has 0 heterocycles. The molecule has 2 aliphatic carbocycles. The number of aliphatic hydroxyl groups is 1. The summed E-state index contributed by atoms with van der Waals surface area (Å²) in [5.41, 5.74) is 2.47. The van der Waals surface area contributed by atoms with E-state index in [4.69, 9.17) is 4.84 Å². The molecule has 1 aromatic rings. The van der Waals surface area contributed by atoms with Crippen LogP contribution in [-0.4, -0.2) is 30.1 Å². The van der Waals surface area contributed by atoms with Gasteiger partial charge in [0.15, 0.2) is 0 Å². The third kappa shape index (κ3) is 4.83. The summed E-state index contributed by atoms with van der Waals surface area (Å²) in [6, 6.07) is 10.2. The van der Waals surface area contributed by atoms with Gasteiger partial charge in [-0.05, 0) is 31.2 Å². The summed E-state index contributed by atoms with van der Waals surface area (Å²) in [5, 5.41) is 17.4. The Morgan fingerprint density at radius 3 is 2.48 bits per heavy atom. The Kier molecular flexibility index (Phi) is 4.88. The first kappa shape index (κ1) is 14.5. The molecule has 0 saturated heterocycles. The topological polar surface area (TPSA) is 53.8 Å². The fraction of sp³-hybridized carbons (Fsp3) is 0.588. The summed E-state index contributed by atoms with van der Waals surface area (Å²) in [7, 11) is 0. The van der Waals surface area contributed by atoms with E-state index >= 15 is 0 Å². The molecule has 21 heavy (non-hydrogen) atoms. The van der Waals surface area contributed by atoms with Gasteiger partial charge in [-0.3, -0.25) is 0 Å². The van der Waals surface area contributed by atoms with Gasteiger partial charge in [-0.25, -0.2) is 0 Å². The third-order valence-corrected chi connectivity index (χ3v) is 3.98. The normalized spacial score (nSPS) is 19.1. The molecule has 0 amide bonds. The first-order valence-corrected chi connectivity index (χ1v) is 7.95. The zero-order valence-electron chi connectivity index (χ0n) is 12.4. The van der Waals surface area contributed by atoms with Gasteiger partial charge in [-0.15, -0.1) is 0 Å². The second-order valence-electron chi connectivity index (χ2n) is 6.13. The Morgan fingerprint density at radius 1 is 1.19 bits per heavy atom. The van der Waals surface area contributed by atoms with Crippen molar-refractivity contribution in [1.82, 2.24) is 5.32 Å². The number of oxime groups is 1. The maximum absolute atomic E-state index is 9.89. The Hall–Kier alpha value is -1.39. The van der Waals surface area contributed by atoms with Gasteiger partial charge >= 0.3 is 0 Å². The third-order valence-electron chi connectivity index (χ3n) is 3.98. The molecule has 2 fully saturated rings. The van der Waals surface area contributed by atoms with Gasteiger partial charge in [-0.2, -0.15) is 0 Å². The lowest BCUT2D eigenvalue weighted by Crippen LogP contribution is -2.29. The number of aliphatic hydroxyl groups excluding tert-OH is 1. The number of rotatable bonds is 9. The predicted molar refractivity (Wildman–Crippen MR) is 83.0 cm³/mol. The van der Waals surface area contributed by atoms with Gasteiger partial charge in [0.2, 0.25) is 0 Å². The minimum Gasteiger partial charge on any atom is -0.393 e. The molecule has 1 unspecified atom stereocenters. The lowest BCUT2D eigenvalue weighted by atomic mass is 10.2. The van der Waals surface area contributed by atoms with Gasteiger partial charge < -0.3 is 15.3 Å². The maximum Gasteiger partial charge on any atom is 0.144 e. The van der Waals surface area contributed by atoms with Crippen LogP contribution < -0.4 is 5.32 Å². The van der Waals surface area contributed by atoms with E-state index in [1.807, 2.05) is 18.2 Å². The van der Waals surface area contributed by atoms with E-state index in [0.29, 0.717) is 18.4 Å². The van der Waals surface area contributed by atoms with E-state index in [9.17, 15) is 5.11 Å². The monoisotopic (exact) mass is 288 g/mol. The minimum atomic E-state index is -0.517. The summed E-state index contributed by atoms with van der Waals surface area (Å²) in [4.78, 5) is 5.36. The van der Waals surface area contributed by atoms with E-state index in [0.717, 1.165) is 6.54 Å². The van der Waals surface area contributed by atoms with E-state index in [1.54, 1.807) is 0 Å². The summed E-state index contributed by atoms with van der Waals surface area (Å²) in [6.45, 7) is 1.55. The molecule has 4 nitrogen and oxygen atoms in total. The van der Waals surface area contributed by atoms with Crippen molar-refractivity contribution >= 4 is 5.71 Å². The highest BCUT2D eigenvalue weighted by Crippen LogP contribution is 2.42. The fourth-order valence-corrected chi connectivity index (χ4v) is 2.48. The van der Waals surface area contributed by atoms with Crippen molar-refractivity contribution in [2.75, 3.05) is 13.2 Å². The van der Waals surface area contributed by atoms with Crippen molar-refractivity contribution in [3.63, 3.8) is 0 Å². The Balaban J connectivity index is 1.32. The lowest BCUT2D eigenvalue weighted by molar-refractivity contribution is 0.0394. The second kappa shape index (κ2) is 7.05. The van der Waals surface area contributed by atoms with Crippen molar-refractivity contribution in [1.29, 1.82) is 0 Å².